The van der Waals surface area contributed by atoms with Gasteiger partial charge in [-0.25, -0.2) is 8.42 Å². The van der Waals surface area contributed by atoms with E-state index in [1.54, 1.807) is 23.6 Å². The van der Waals surface area contributed by atoms with E-state index in [9.17, 15) is 8.42 Å². The molecule has 0 fully saturated rings. The van der Waals surface area contributed by atoms with Crippen molar-refractivity contribution in [1.29, 1.82) is 0 Å². The van der Waals surface area contributed by atoms with Crippen LogP contribution in [0.5, 0.6) is 0 Å². The number of hydrogen-bond donors (Lipinski definition) is 0. The Morgan fingerprint density at radius 3 is 2.80 bits per heavy atom. The average molecular weight is 288 g/mol. The Bertz CT molecular complexity index is 601. The molecule has 2 aromatic heterocycles. The van der Waals surface area contributed by atoms with Crippen molar-refractivity contribution in [2.75, 3.05) is 5.75 Å². The van der Waals surface area contributed by atoms with E-state index < -0.39 is 9.84 Å². The molecule has 3 nitrogen and oxygen atoms in total. The van der Waals surface area contributed by atoms with E-state index in [-0.39, 0.29) is 5.75 Å². The third kappa shape index (κ3) is 1.81. The van der Waals surface area contributed by atoms with Crippen molar-refractivity contribution in [3.63, 3.8) is 0 Å². The molecule has 2 rings (SSSR count). The second-order valence-corrected chi connectivity index (χ2v) is 6.36. The number of fused-ring (bicyclic) bond motifs is 1. The van der Waals surface area contributed by atoms with E-state index in [0.717, 1.165) is 9.99 Å². The number of aromatic nitrogens is 1. The highest BCUT2D eigenvalue weighted by Gasteiger charge is 2.14. The van der Waals surface area contributed by atoms with Gasteiger partial charge in [0.2, 0.25) is 0 Å². The van der Waals surface area contributed by atoms with Crippen molar-refractivity contribution in [3.05, 3.63) is 35.1 Å². The van der Waals surface area contributed by atoms with Gasteiger partial charge in [-0.05, 0) is 34.1 Å². The van der Waals surface area contributed by atoms with Gasteiger partial charge in [0.25, 0.3) is 0 Å². The maximum Gasteiger partial charge on any atom is 0.179 e. The summed E-state index contributed by atoms with van der Waals surface area (Å²) in [5, 5.41) is 0. The predicted octanol–water partition coefficient (Wildman–Crippen LogP) is 2.50. The van der Waals surface area contributed by atoms with E-state index in [2.05, 4.69) is 15.9 Å². The van der Waals surface area contributed by atoms with Crippen LogP contribution in [0.2, 0.25) is 0 Å². The quantitative estimate of drug-likeness (QED) is 0.851. The van der Waals surface area contributed by atoms with Crippen molar-refractivity contribution in [2.45, 2.75) is 11.8 Å². The summed E-state index contributed by atoms with van der Waals surface area (Å²) >= 11 is 3.38. The lowest BCUT2D eigenvalue weighted by Crippen LogP contribution is -2.01. The first-order chi connectivity index (χ1) is 7.04. The number of pyridine rings is 1. The Hall–Kier alpha value is -0.810. The highest BCUT2D eigenvalue weighted by atomic mass is 79.9. The Morgan fingerprint density at radius 1 is 1.47 bits per heavy atom. The van der Waals surface area contributed by atoms with Gasteiger partial charge in [0.15, 0.2) is 9.84 Å². The standard InChI is InChI=1S/C10H10BrNO2S/c1-2-15(13,14)8-6-10-9(11)4-3-5-12(10)7-8/h3-7H,2H2,1H3. The maximum absolute atomic E-state index is 11.7. The Morgan fingerprint density at radius 2 is 2.20 bits per heavy atom. The minimum Gasteiger partial charge on any atom is -0.321 e. The van der Waals surface area contributed by atoms with Crippen LogP contribution in [0.1, 0.15) is 6.92 Å². The molecule has 0 bridgehead atoms. The first-order valence-electron chi connectivity index (χ1n) is 4.53. The molecule has 0 saturated carbocycles. The van der Waals surface area contributed by atoms with Gasteiger partial charge in [-0.1, -0.05) is 6.92 Å². The first-order valence-corrected chi connectivity index (χ1v) is 6.98. The van der Waals surface area contributed by atoms with E-state index >= 15 is 0 Å². The van der Waals surface area contributed by atoms with Crippen LogP contribution in [0.25, 0.3) is 5.52 Å². The van der Waals surface area contributed by atoms with Gasteiger partial charge >= 0.3 is 0 Å². The van der Waals surface area contributed by atoms with Crippen LogP contribution in [-0.2, 0) is 9.84 Å². The normalized spacial score (nSPS) is 12.1. The van der Waals surface area contributed by atoms with Crippen molar-refractivity contribution < 1.29 is 8.42 Å². The lowest BCUT2D eigenvalue weighted by Gasteiger charge is -1.94. The zero-order valence-corrected chi connectivity index (χ0v) is 10.5. The molecule has 0 amide bonds. The van der Waals surface area contributed by atoms with Gasteiger partial charge in [0.1, 0.15) is 0 Å². The molecule has 0 aliphatic carbocycles. The van der Waals surface area contributed by atoms with Crippen LogP contribution in [0.4, 0.5) is 0 Å². The second-order valence-electron chi connectivity index (χ2n) is 3.23. The zero-order chi connectivity index (χ0) is 11.1. The van der Waals surface area contributed by atoms with Gasteiger partial charge in [-0.15, -0.1) is 0 Å². The van der Waals surface area contributed by atoms with E-state index in [1.807, 2.05) is 18.3 Å². The first kappa shape index (κ1) is 10.7. The Labute approximate surface area is 96.8 Å². The van der Waals surface area contributed by atoms with E-state index in [4.69, 9.17) is 0 Å². The number of rotatable bonds is 2. The van der Waals surface area contributed by atoms with Gasteiger partial charge in [-0.3, -0.25) is 0 Å². The fourth-order valence-electron chi connectivity index (χ4n) is 1.41. The molecule has 0 saturated heterocycles. The minimum atomic E-state index is -3.12. The molecule has 2 heterocycles. The Balaban J connectivity index is 2.73. The van der Waals surface area contributed by atoms with Gasteiger partial charge in [0, 0.05) is 16.9 Å². The SMILES string of the molecule is CCS(=O)(=O)c1cc2c(Br)cccn2c1. The summed E-state index contributed by atoms with van der Waals surface area (Å²) in [5.74, 6) is 0.126. The molecule has 0 aromatic carbocycles. The van der Waals surface area contributed by atoms with Gasteiger partial charge in [-0.2, -0.15) is 0 Å². The molecule has 0 N–H and O–H groups in total. The smallest absolute Gasteiger partial charge is 0.179 e. The van der Waals surface area contributed by atoms with Crippen LogP contribution in [-0.4, -0.2) is 18.6 Å². The molecule has 0 aliphatic heterocycles. The minimum absolute atomic E-state index is 0.126. The van der Waals surface area contributed by atoms with Crippen LogP contribution in [0, 0.1) is 0 Å². The monoisotopic (exact) mass is 287 g/mol. The summed E-state index contributed by atoms with van der Waals surface area (Å²) in [6.07, 6.45) is 3.47. The molecule has 2 aromatic rings. The average Bonchev–Trinajstić information content (AvgIpc) is 2.64. The highest BCUT2D eigenvalue weighted by Crippen LogP contribution is 2.23. The summed E-state index contributed by atoms with van der Waals surface area (Å²) in [6, 6.07) is 5.43. The molecular weight excluding hydrogens is 278 g/mol. The molecule has 5 heteroatoms. The number of hydrogen-bond acceptors (Lipinski definition) is 2. The van der Waals surface area contributed by atoms with Crippen LogP contribution < -0.4 is 0 Å². The Kier molecular flexibility index (Phi) is 2.60. The summed E-state index contributed by atoms with van der Waals surface area (Å²) in [5.41, 5.74) is 0.865. The molecule has 0 unspecified atom stereocenters. The third-order valence-electron chi connectivity index (χ3n) is 2.30. The van der Waals surface area contributed by atoms with E-state index in [1.165, 1.54) is 0 Å². The third-order valence-corrected chi connectivity index (χ3v) is 4.67. The molecule has 15 heavy (non-hydrogen) atoms. The molecular formula is C10H10BrNO2S. The number of sulfone groups is 1. The lowest BCUT2D eigenvalue weighted by molar-refractivity contribution is 0.597. The maximum atomic E-state index is 11.7. The van der Waals surface area contributed by atoms with Crippen molar-refractivity contribution >= 4 is 31.3 Å². The van der Waals surface area contributed by atoms with Crippen LogP contribution in [0.15, 0.2) is 40.0 Å². The molecule has 0 aliphatic rings. The van der Waals surface area contributed by atoms with Gasteiger partial charge < -0.3 is 4.40 Å². The van der Waals surface area contributed by atoms with Crippen molar-refractivity contribution in [1.82, 2.24) is 4.40 Å². The fraction of sp³-hybridized carbons (Fsp3) is 0.200. The van der Waals surface area contributed by atoms with Crippen LogP contribution in [0.3, 0.4) is 0 Å². The van der Waals surface area contributed by atoms with Crippen LogP contribution >= 0.6 is 15.9 Å². The topological polar surface area (TPSA) is 38.5 Å². The molecule has 80 valence electrons. The molecule has 0 radical (unpaired) electrons. The molecule has 0 spiro atoms. The summed E-state index contributed by atoms with van der Waals surface area (Å²) < 4.78 is 26.0. The van der Waals surface area contributed by atoms with Gasteiger partial charge in [0.05, 0.1) is 16.2 Å². The predicted molar refractivity (Wildman–Crippen MR) is 62.8 cm³/mol. The largest absolute Gasteiger partial charge is 0.321 e. The van der Waals surface area contributed by atoms with Crippen molar-refractivity contribution in [3.8, 4) is 0 Å². The lowest BCUT2D eigenvalue weighted by atomic mass is 10.4. The zero-order valence-electron chi connectivity index (χ0n) is 8.14. The fourth-order valence-corrected chi connectivity index (χ4v) is 2.78. The van der Waals surface area contributed by atoms with E-state index in [0.29, 0.717) is 4.90 Å². The summed E-state index contributed by atoms with van der Waals surface area (Å²) in [4.78, 5) is 0.372. The number of nitrogens with zero attached hydrogens (tertiary/aromatic N) is 1. The number of halogens is 1. The highest BCUT2D eigenvalue weighted by molar-refractivity contribution is 9.10. The second kappa shape index (κ2) is 3.64. The molecule has 0 atom stereocenters. The summed E-state index contributed by atoms with van der Waals surface area (Å²) in [7, 11) is -3.12. The summed E-state index contributed by atoms with van der Waals surface area (Å²) in [6.45, 7) is 1.65. The van der Waals surface area contributed by atoms with Crippen molar-refractivity contribution in [2.24, 2.45) is 0 Å².